The summed E-state index contributed by atoms with van der Waals surface area (Å²) in [5, 5.41) is 0. The minimum absolute atomic E-state index is 0.410. The van der Waals surface area contributed by atoms with Crippen molar-refractivity contribution in [1.82, 2.24) is 0 Å². The van der Waals surface area contributed by atoms with Gasteiger partial charge in [-0.25, -0.2) is 0 Å². The zero-order valence-electron chi connectivity index (χ0n) is 5.89. The van der Waals surface area contributed by atoms with Crippen LogP contribution in [0, 0.1) is 0 Å². The van der Waals surface area contributed by atoms with Crippen molar-refractivity contribution in [2.45, 2.75) is 26.0 Å². The first kappa shape index (κ1) is 8.59. The van der Waals surface area contributed by atoms with E-state index in [1.54, 1.807) is 13.8 Å². The van der Waals surface area contributed by atoms with Gasteiger partial charge < -0.3 is 15.3 Å². The summed E-state index contributed by atoms with van der Waals surface area (Å²) in [4.78, 5) is 9.77. The lowest BCUT2D eigenvalue weighted by molar-refractivity contribution is -0.110. The summed E-state index contributed by atoms with van der Waals surface area (Å²) in [6, 6.07) is 0. The van der Waals surface area contributed by atoms with E-state index in [-0.39, 0.29) is 0 Å². The van der Waals surface area contributed by atoms with Crippen LogP contribution in [0.3, 0.4) is 0 Å². The Kier molecular flexibility index (Phi) is 3.42. The SMILES string of the molecule is CC(C)(N)OCCC=O. The van der Waals surface area contributed by atoms with Gasteiger partial charge in [0.25, 0.3) is 0 Å². The molecular formula is C6H13NO2. The van der Waals surface area contributed by atoms with Gasteiger partial charge in [-0.2, -0.15) is 0 Å². The van der Waals surface area contributed by atoms with Crippen LogP contribution in [0.15, 0.2) is 0 Å². The van der Waals surface area contributed by atoms with Crippen LogP contribution in [0.5, 0.6) is 0 Å². The highest BCUT2D eigenvalue weighted by molar-refractivity contribution is 5.49. The molecule has 9 heavy (non-hydrogen) atoms. The van der Waals surface area contributed by atoms with Crippen molar-refractivity contribution in [3.05, 3.63) is 0 Å². The van der Waals surface area contributed by atoms with Crippen LogP contribution in [0.25, 0.3) is 0 Å². The molecule has 0 amide bonds. The first-order chi connectivity index (χ1) is 4.06. The minimum atomic E-state index is -0.608. The molecule has 0 aromatic rings. The van der Waals surface area contributed by atoms with Crippen molar-refractivity contribution >= 4 is 6.29 Å². The second kappa shape index (κ2) is 3.58. The fraction of sp³-hybridized carbons (Fsp3) is 0.833. The Bertz CT molecular complexity index is 85.5. The first-order valence-electron chi connectivity index (χ1n) is 2.93. The third kappa shape index (κ3) is 7.59. The maximum Gasteiger partial charge on any atom is 0.122 e. The van der Waals surface area contributed by atoms with Gasteiger partial charge in [-0.1, -0.05) is 0 Å². The van der Waals surface area contributed by atoms with Crippen LogP contribution in [0.2, 0.25) is 0 Å². The van der Waals surface area contributed by atoms with Crippen molar-refractivity contribution in [1.29, 1.82) is 0 Å². The number of hydrogen-bond donors (Lipinski definition) is 1. The average molecular weight is 131 g/mol. The molecule has 2 N–H and O–H groups in total. The highest BCUT2D eigenvalue weighted by atomic mass is 16.5. The molecule has 3 heteroatoms. The first-order valence-corrected chi connectivity index (χ1v) is 2.93. The smallest absolute Gasteiger partial charge is 0.122 e. The summed E-state index contributed by atoms with van der Waals surface area (Å²) in [6.07, 6.45) is 1.23. The second-order valence-electron chi connectivity index (χ2n) is 2.41. The van der Waals surface area contributed by atoms with Crippen molar-refractivity contribution in [3.8, 4) is 0 Å². The lowest BCUT2D eigenvalue weighted by atomic mass is 10.3. The normalized spacial score (nSPS) is 11.4. The lowest BCUT2D eigenvalue weighted by Crippen LogP contribution is -2.35. The third-order valence-electron chi connectivity index (χ3n) is 0.710. The maximum atomic E-state index is 9.77. The monoisotopic (exact) mass is 131 g/mol. The number of carbonyl (C=O) groups is 1. The highest BCUT2D eigenvalue weighted by Gasteiger charge is 2.08. The zero-order chi connectivity index (χ0) is 7.33. The molecule has 3 nitrogen and oxygen atoms in total. The molecular weight excluding hydrogens is 118 g/mol. The van der Waals surface area contributed by atoms with Crippen molar-refractivity contribution in [3.63, 3.8) is 0 Å². The van der Waals surface area contributed by atoms with Crippen molar-refractivity contribution in [2.75, 3.05) is 6.61 Å². The molecule has 0 aliphatic heterocycles. The number of ether oxygens (including phenoxy) is 1. The Morgan fingerprint density at radius 1 is 1.67 bits per heavy atom. The van der Waals surface area contributed by atoms with E-state index >= 15 is 0 Å². The molecule has 0 saturated heterocycles. The third-order valence-corrected chi connectivity index (χ3v) is 0.710. The Morgan fingerprint density at radius 3 is 2.56 bits per heavy atom. The van der Waals surface area contributed by atoms with Crippen LogP contribution in [-0.4, -0.2) is 18.6 Å². The average Bonchev–Trinajstić information content (AvgIpc) is 1.63. The predicted octanol–water partition coefficient (Wildman–Crippen LogP) is 0.287. The maximum absolute atomic E-state index is 9.77. The summed E-state index contributed by atoms with van der Waals surface area (Å²) in [7, 11) is 0. The fourth-order valence-electron chi connectivity index (χ4n) is 0.370. The summed E-state index contributed by atoms with van der Waals surface area (Å²) in [6.45, 7) is 3.91. The van der Waals surface area contributed by atoms with Crippen LogP contribution in [0.1, 0.15) is 20.3 Å². The number of nitrogens with two attached hydrogens (primary N) is 1. The molecule has 0 aromatic heterocycles. The molecule has 0 bridgehead atoms. The molecule has 0 spiro atoms. The molecule has 0 saturated carbocycles. The van der Waals surface area contributed by atoms with Gasteiger partial charge in [0, 0.05) is 6.42 Å². The van der Waals surface area contributed by atoms with Gasteiger partial charge in [0.2, 0.25) is 0 Å². The number of carbonyl (C=O) groups excluding carboxylic acids is 1. The van der Waals surface area contributed by atoms with E-state index in [4.69, 9.17) is 10.5 Å². The molecule has 0 heterocycles. The summed E-state index contributed by atoms with van der Waals surface area (Å²) in [5.41, 5.74) is 4.83. The molecule has 0 aliphatic carbocycles. The minimum Gasteiger partial charge on any atom is -0.361 e. The van der Waals surface area contributed by atoms with E-state index in [0.717, 1.165) is 6.29 Å². The molecule has 0 aromatic carbocycles. The second-order valence-corrected chi connectivity index (χ2v) is 2.41. The Balaban J connectivity index is 3.17. The predicted molar refractivity (Wildman–Crippen MR) is 34.9 cm³/mol. The molecule has 0 fully saturated rings. The van der Waals surface area contributed by atoms with Gasteiger partial charge in [-0.05, 0) is 13.8 Å². The number of hydrogen-bond acceptors (Lipinski definition) is 3. The Labute approximate surface area is 55.2 Å². The quantitative estimate of drug-likeness (QED) is 0.339. The fourth-order valence-corrected chi connectivity index (χ4v) is 0.370. The van der Waals surface area contributed by atoms with E-state index in [2.05, 4.69) is 0 Å². The van der Waals surface area contributed by atoms with Crippen LogP contribution >= 0.6 is 0 Å². The standard InChI is InChI=1S/C6H13NO2/c1-6(2,7)9-5-3-4-8/h4H,3,5,7H2,1-2H3. The van der Waals surface area contributed by atoms with Crippen molar-refractivity contribution in [2.24, 2.45) is 5.73 Å². The van der Waals surface area contributed by atoms with E-state index in [0.29, 0.717) is 13.0 Å². The van der Waals surface area contributed by atoms with Gasteiger partial charge in [0.05, 0.1) is 6.61 Å². The summed E-state index contributed by atoms with van der Waals surface area (Å²) >= 11 is 0. The molecule has 0 radical (unpaired) electrons. The highest BCUT2D eigenvalue weighted by Crippen LogP contribution is 1.98. The number of aldehydes is 1. The van der Waals surface area contributed by atoms with E-state index in [1.807, 2.05) is 0 Å². The summed E-state index contributed by atoms with van der Waals surface area (Å²) in [5.74, 6) is 0. The van der Waals surface area contributed by atoms with Gasteiger partial charge >= 0.3 is 0 Å². The topological polar surface area (TPSA) is 52.3 Å². The zero-order valence-corrected chi connectivity index (χ0v) is 5.89. The molecule has 0 aliphatic rings. The van der Waals surface area contributed by atoms with Crippen LogP contribution in [-0.2, 0) is 9.53 Å². The Hall–Kier alpha value is -0.410. The van der Waals surface area contributed by atoms with Crippen LogP contribution < -0.4 is 5.73 Å². The van der Waals surface area contributed by atoms with Gasteiger partial charge in [0.15, 0.2) is 0 Å². The Morgan fingerprint density at radius 2 is 2.22 bits per heavy atom. The van der Waals surface area contributed by atoms with Gasteiger partial charge in [-0.3, -0.25) is 0 Å². The summed E-state index contributed by atoms with van der Waals surface area (Å²) < 4.78 is 5.02. The molecule has 54 valence electrons. The molecule has 0 unspecified atom stereocenters. The lowest BCUT2D eigenvalue weighted by Gasteiger charge is -2.18. The molecule has 0 atom stereocenters. The van der Waals surface area contributed by atoms with Crippen LogP contribution in [0.4, 0.5) is 0 Å². The number of rotatable bonds is 4. The largest absolute Gasteiger partial charge is 0.361 e. The molecule has 0 rings (SSSR count). The van der Waals surface area contributed by atoms with E-state index < -0.39 is 5.72 Å². The van der Waals surface area contributed by atoms with Gasteiger partial charge in [-0.15, -0.1) is 0 Å². The van der Waals surface area contributed by atoms with E-state index in [1.165, 1.54) is 0 Å². The van der Waals surface area contributed by atoms with Crippen molar-refractivity contribution < 1.29 is 9.53 Å². The van der Waals surface area contributed by atoms with E-state index in [9.17, 15) is 4.79 Å². The van der Waals surface area contributed by atoms with Gasteiger partial charge in [0.1, 0.15) is 12.0 Å².